The molecule has 9 heteroatoms. The fraction of sp³-hybridized carbons (Fsp3) is 0.125. The summed E-state index contributed by atoms with van der Waals surface area (Å²) in [5.41, 5.74) is 5.32. The van der Waals surface area contributed by atoms with Gasteiger partial charge in [0.15, 0.2) is 6.10 Å². The van der Waals surface area contributed by atoms with Crippen LogP contribution in [0.25, 0.3) is 0 Å². The van der Waals surface area contributed by atoms with Gasteiger partial charge in [-0.25, -0.2) is 13.2 Å². The number of hydrogen-bond acceptors (Lipinski definition) is 5. The summed E-state index contributed by atoms with van der Waals surface area (Å²) in [6.45, 7) is 1.32. The van der Waals surface area contributed by atoms with Crippen molar-refractivity contribution in [3.8, 4) is 0 Å². The van der Waals surface area contributed by atoms with Crippen LogP contribution in [0.1, 0.15) is 17.3 Å². The average molecular weight is 383 g/mol. The molecule has 1 amide bonds. The standard InChI is InChI=1S/C16H15ClN2O5S/c1-10(15(18)20)24-16(21)11-3-2-4-14(9-11)25(22,23)19-13-7-5-12(17)6-8-13/h2-10,19H,1H3,(H2,18,20)/t10-/m0/s1. The van der Waals surface area contributed by atoms with Crippen molar-refractivity contribution in [2.75, 3.05) is 4.72 Å². The van der Waals surface area contributed by atoms with Crippen molar-refractivity contribution in [3.05, 3.63) is 59.1 Å². The van der Waals surface area contributed by atoms with Crippen molar-refractivity contribution >= 4 is 39.2 Å². The number of amides is 1. The van der Waals surface area contributed by atoms with E-state index in [0.29, 0.717) is 10.7 Å². The first-order chi connectivity index (χ1) is 11.7. The van der Waals surface area contributed by atoms with E-state index in [1.54, 1.807) is 12.1 Å². The molecule has 0 radical (unpaired) electrons. The van der Waals surface area contributed by atoms with Crippen molar-refractivity contribution in [2.24, 2.45) is 5.73 Å². The summed E-state index contributed by atoms with van der Waals surface area (Å²) in [4.78, 5) is 22.8. The van der Waals surface area contributed by atoms with Gasteiger partial charge in [-0.3, -0.25) is 9.52 Å². The first kappa shape index (κ1) is 18.8. The highest BCUT2D eigenvalue weighted by Crippen LogP contribution is 2.19. The normalized spacial score (nSPS) is 12.2. The lowest BCUT2D eigenvalue weighted by molar-refractivity contribution is -0.125. The first-order valence-corrected chi connectivity index (χ1v) is 8.94. The summed E-state index contributed by atoms with van der Waals surface area (Å²) >= 11 is 5.76. The van der Waals surface area contributed by atoms with Gasteiger partial charge in [0.2, 0.25) is 0 Å². The molecule has 0 saturated heterocycles. The molecule has 0 aliphatic rings. The molecule has 2 aromatic carbocycles. The lowest BCUT2D eigenvalue weighted by Gasteiger charge is -2.11. The number of sulfonamides is 1. The fourth-order valence-corrected chi connectivity index (χ4v) is 3.04. The van der Waals surface area contributed by atoms with Gasteiger partial charge in [0.25, 0.3) is 15.9 Å². The van der Waals surface area contributed by atoms with E-state index in [1.807, 2.05) is 0 Å². The van der Waals surface area contributed by atoms with Gasteiger partial charge in [-0.05, 0) is 49.4 Å². The van der Waals surface area contributed by atoms with Gasteiger partial charge in [-0.15, -0.1) is 0 Å². The lowest BCUT2D eigenvalue weighted by atomic mass is 10.2. The Kier molecular flexibility index (Phi) is 5.66. The molecular weight excluding hydrogens is 368 g/mol. The molecule has 1 atom stereocenters. The Balaban J connectivity index is 2.23. The van der Waals surface area contributed by atoms with E-state index in [2.05, 4.69) is 4.72 Å². The number of nitrogens with one attached hydrogen (secondary N) is 1. The number of nitrogens with two attached hydrogens (primary N) is 1. The van der Waals surface area contributed by atoms with E-state index in [0.717, 1.165) is 6.07 Å². The number of carbonyl (C=O) groups is 2. The summed E-state index contributed by atoms with van der Waals surface area (Å²) in [6, 6.07) is 11.3. The minimum atomic E-state index is -3.92. The van der Waals surface area contributed by atoms with Gasteiger partial charge in [0, 0.05) is 10.7 Å². The van der Waals surface area contributed by atoms with Gasteiger partial charge in [-0.2, -0.15) is 0 Å². The van der Waals surface area contributed by atoms with Crippen LogP contribution in [-0.4, -0.2) is 26.4 Å². The predicted octanol–water partition coefficient (Wildman–Crippen LogP) is 2.17. The molecular formula is C16H15ClN2O5S. The monoisotopic (exact) mass is 382 g/mol. The Hall–Kier alpha value is -2.58. The fourth-order valence-electron chi connectivity index (χ4n) is 1.81. The molecule has 0 fully saturated rings. The van der Waals surface area contributed by atoms with Crippen LogP contribution in [0, 0.1) is 0 Å². The van der Waals surface area contributed by atoms with E-state index in [-0.39, 0.29) is 10.5 Å². The SMILES string of the molecule is C[C@H](OC(=O)c1cccc(S(=O)(=O)Nc2ccc(Cl)cc2)c1)C(N)=O. The molecule has 25 heavy (non-hydrogen) atoms. The number of hydrogen-bond donors (Lipinski definition) is 2. The largest absolute Gasteiger partial charge is 0.449 e. The number of benzene rings is 2. The van der Waals surface area contributed by atoms with Crippen LogP contribution < -0.4 is 10.5 Å². The highest BCUT2D eigenvalue weighted by Gasteiger charge is 2.20. The van der Waals surface area contributed by atoms with Gasteiger partial charge in [-0.1, -0.05) is 17.7 Å². The quantitative estimate of drug-likeness (QED) is 0.743. The molecule has 0 aromatic heterocycles. The number of esters is 1. The Morgan fingerprint density at radius 3 is 2.40 bits per heavy atom. The molecule has 0 heterocycles. The van der Waals surface area contributed by atoms with E-state index in [9.17, 15) is 18.0 Å². The topological polar surface area (TPSA) is 116 Å². The molecule has 0 spiro atoms. The van der Waals surface area contributed by atoms with E-state index < -0.39 is 28.0 Å². The van der Waals surface area contributed by atoms with Crippen LogP contribution in [0.3, 0.4) is 0 Å². The summed E-state index contributed by atoms with van der Waals surface area (Å²) in [5.74, 6) is -1.66. The third kappa shape index (κ3) is 4.94. The molecule has 132 valence electrons. The zero-order valence-corrected chi connectivity index (χ0v) is 14.7. The van der Waals surface area contributed by atoms with E-state index in [1.165, 1.54) is 37.3 Å². The van der Waals surface area contributed by atoms with Gasteiger partial charge in [0.1, 0.15) is 0 Å². The van der Waals surface area contributed by atoms with Gasteiger partial charge >= 0.3 is 5.97 Å². The Morgan fingerprint density at radius 2 is 1.80 bits per heavy atom. The predicted molar refractivity (Wildman–Crippen MR) is 92.8 cm³/mol. The Bertz CT molecular complexity index is 897. The molecule has 7 nitrogen and oxygen atoms in total. The van der Waals surface area contributed by atoms with E-state index in [4.69, 9.17) is 22.1 Å². The highest BCUT2D eigenvalue weighted by molar-refractivity contribution is 7.92. The smallest absolute Gasteiger partial charge is 0.338 e. The molecule has 3 N–H and O–H groups in total. The summed E-state index contributed by atoms with van der Waals surface area (Å²) in [6.07, 6.45) is -1.13. The van der Waals surface area contributed by atoms with Crippen LogP contribution >= 0.6 is 11.6 Å². The second-order valence-electron chi connectivity index (χ2n) is 5.09. The summed E-state index contributed by atoms with van der Waals surface area (Å²) in [5, 5.41) is 0.469. The summed E-state index contributed by atoms with van der Waals surface area (Å²) in [7, 11) is -3.92. The Labute approximate surface area is 149 Å². The van der Waals surface area contributed by atoms with Crippen molar-refractivity contribution in [3.63, 3.8) is 0 Å². The summed E-state index contributed by atoms with van der Waals surface area (Å²) < 4.78 is 32.1. The minimum absolute atomic E-state index is 0.0212. The number of rotatable bonds is 6. The molecule has 0 bridgehead atoms. The third-order valence-corrected chi connectivity index (χ3v) is 4.79. The second kappa shape index (κ2) is 7.54. The van der Waals surface area contributed by atoms with Crippen LogP contribution in [-0.2, 0) is 19.6 Å². The number of halogens is 1. The zero-order chi connectivity index (χ0) is 18.6. The second-order valence-corrected chi connectivity index (χ2v) is 7.21. The first-order valence-electron chi connectivity index (χ1n) is 7.08. The third-order valence-electron chi connectivity index (χ3n) is 3.16. The number of carbonyl (C=O) groups excluding carboxylic acids is 2. The molecule has 0 unspecified atom stereocenters. The maximum Gasteiger partial charge on any atom is 0.338 e. The van der Waals surface area contributed by atoms with Gasteiger partial charge in [0.05, 0.1) is 10.5 Å². The lowest BCUT2D eigenvalue weighted by Crippen LogP contribution is -2.30. The van der Waals surface area contributed by atoms with Crippen molar-refractivity contribution in [1.29, 1.82) is 0 Å². The molecule has 0 saturated carbocycles. The molecule has 0 aliphatic heterocycles. The van der Waals surface area contributed by atoms with Crippen molar-refractivity contribution in [2.45, 2.75) is 17.9 Å². The average Bonchev–Trinajstić information content (AvgIpc) is 2.56. The molecule has 2 aromatic rings. The van der Waals surface area contributed by atoms with Crippen molar-refractivity contribution < 1.29 is 22.7 Å². The number of anilines is 1. The highest BCUT2D eigenvalue weighted by atomic mass is 35.5. The maximum atomic E-state index is 12.4. The van der Waals surface area contributed by atoms with E-state index >= 15 is 0 Å². The molecule has 0 aliphatic carbocycles. The maximum absolute atomic E-state index is 12.4. The van der Waals surface area contributed by atoms with Crippen LogP contribution in [0.4, 0.5) is 5.69 Å². The number of primary amides is 1. The number of ether oxygens (including phenoxy) is 1. The van der Waals surface area contributed by atoms with Crippen LogP contribution in [0.5, 0.6) is 0 Å². The van der Waals surface area contributed by atoms with Crippen LogP contribution in [0.15, 0.2) is 53.4 Å². The Morgan fingerprint density at radius 1 is 1.16 bits per heavy atom. The zero-order valence-electron chi connectivity index (χ0n) is 13.1. The van der Waals surface area contributed by atoms with Gasteiger partial charge < -0.3 is 10.5 Å². The minimum Gasteiger partial charge on any atom is -0.449 e. The molecule has 2 rings (SSSR count). The van der Waals surface area contributed by atoms with Crippen LogP contribution in [0.2, 0.25) is 5.02 Å². The van der Waals surface area contributed by atoms with Crippen molar-refractivity contribution in [1.82, 2.24) is 0 Å².